The summed E-state index contributed by atoms with van der Waals surface area (Å²) < 4.78 is 0. The standard InChI is InChI=1S/C14H20ClN3O2/c1-9(6-7-16)13(19)17-12-8-10(4-5-11(12)15)14(20)18(2)3/h4-5,8-9H,6-7,16H2,1-3H3,(H,17,19). The van der Waals surface area contributed by atoms with Gasteiger partial charge in [-0.3, -0.25) is 9.59 Å². The normalized spacial score (nSPS) is 11.8. The van der Waals surface area contributed by atoms with Crippen molar-refractivity contribution in [3.63, 3.8) is 0 Å². The Hall–Kier alpha value is -1.59. The Balaban J connectivity index is 2.92. The molecular weight excluding hydrogens is 278 g/mol. The van der Waals surface area contributed by atoms with Gasteiger partial charge in [-0.15, -0.1) is 0 Å². The maximum Gasteiger partial charge on any atom is 0.253 e. The van der Waals surface area contributed by atoms with Crippen molar-refractivity contribution >= 4 is 29.1 Å². The number of nitrogens with one attached hydrogen (secondary N) is 1. The van der Waals surface area contributed by atoms with Crippen molar-refractivity contribution in [3.8, 4) is 0 Å². The van der Waals surface area contributed by atoms with Crippen LogP contribution in [-0.2, 0) is 4.79 Å². The Morgan fingerprint density at radius 3 is 2.60 bits per heavy atom. The van der Waals surface area contributed by atoms with Gasteiger partial charge in [0.2, 0.25) is 5.91 Å². The number of rotatable bonds is 5. The van der Waals surface area contributed by atoms with E-state index < -0.39 is 0 Å². The predicted molar refractivity (Wildman–Crippen MR) is 80.9 cm³/mol. The number of hydrogen-bond donors (Lipinski definition) is 2. The summed E-state index contributed by atoms with van der Waals surface area (Å²) in [4.78, 5) is 25.3. The van der Waals surface area contributed by atoms with Crippen LogP contribution in [0, 0.1) is 5.92 Å². The van der Waals surface area contributed by atoms with Gasteiger partial charge in [-0.1, -0.05) is 18.5 Å². The molecule has 0 saturated heterocycles. The van der Waals surface area contributed by atoms with Crippen LogP contribution in [0.2, 0.25) is 5.02 Å². The lowest BCUT2D eigenvalue weighted by Crippen LogP contribution is -2.24. The van der Waals surface area contributed by atoms with Gasteiger partial charge in [-0.05, 0) is 31.2 Å². The summed E-state index contributed by atoms with van der Waals surface area (Å²) in [6.45, 7) is 2.24. The van der Waals surface area contributed by atoms with Gasteiger partial charge in [0.05, 0.1) is 10.7 Å². The van der Waals surface area contributed by atoms with Gasteiger partial charge in [0.25, 0.3) is 5.91 Å². The summed E-state index contributed by atoms with van der Waals surface area (Å²) in [7, 11) is 3.33. The van der Waals surface area contributed by atoms with Gasteiger partial charge in [0.1, 0.15) is 0 Å². The van der Waals surface area contributed by atoms with Crippen molar-refractivity contribution in [2.45, 2.75) is 13.3 Å². The van der Waals surface area contributed by atoms with E-state index >= 15 is 0 Å². The van der Waals surface area contributed by atoms with E-state index in [1.807, 2.05) is 0 Å². The topological polar surface area (TPSA) is 75.4 Å². The molecule has 3 N–H and O–H groups in total. The van der Waals surface area contributed by atoms with Gasteiger partial charge in [0.15, 0.2) is 0 Å². The number of nitrogens with two attached hydrogens (primary N) is 1. The third kappa shape index (κ3) is 4.21. The predicted octanol–water partition coefficient (Wildman–Crippen LogP) is 1.97. The molecule has 6 heteroatoms. The molecule has 0 aliphatic carbocycles. The Kier molecular flexibility index (Phi) is 5.98. The molecule has 0 heterocycles. The van der Waals surface area contributed by atoms with Crippen LogP contribution in [0.4, 0.5) is 5.69 Å². The monoisotopic (exact) mass is 297 g/mol. The molecule has 20 heavy (non-hydrogen) atoms. The van der Waals surface area contributed by atoms with Crippen molar-refractivity contribution in [1.29, 1.82) is 0 Å². The third-order valence-corrected chi connectivity index (χ3v) is 3.25. The van der Waals surface area contributed by atoms with Crippen molar-refractivity contribution in [2.24, 2.45) is 11.7 Å². The molecule has 0 radical (unpaired) electrons. The van der Waals surface area contributed by atoms with Crippen molar-refractivity contribution < 1.29 is 9.59 Å². The van der Waals surface area contributed by atoms with E-state index in [2.05, 4.69) is 5.32 Å². The Morgan fingerprint density at radius 2 is 2.05 bits per heavy atom. The average Bonchev–Trinajstić information content (AvgIpc) is 2.40. The molecule has 0 fully saturated rings. The second-order valence-electron chi connectivity index (χ2n) is 4.86. The number of carbonyl (C=O) groups is 2. The molecule has 1 unspecified atom stereocenters. The Labute approximate surface area is 124 Å². The smallest absolute Gasteiger partial charge is 0.253 e. The lowest BCUT2D eigenvalue weighted by Gasteiger charge is -2.15. The van der Waals surface area contributed by atoms with Gasteiger partial charge in [-0.25, -0.2) is 0 Å². The highest BCUT2D eigenvalue weighted by molar-refractivity contribution is 6.33. The Morgan fingerprint density at radius 1 is 1.40 bits per heavy atom. The molecule has 110 valence electrons. The number of hydrogen-bond acceptors (Lipinski definition) is 3. The summed E-state index contributed by atoms with van der Waals surface area (Å²) in [6.07, 6.45) is 0.597. The third-order valence-electron chi connectivity index (χ3n) is 2.92. The van der Waals surface area contributed by atoms with Gasteiger partial charge in [0, 0.05) is 25.6 Å². The second kappa shape index (κ2) is 7.26. The van der Waals surface area contributed by atoms with Crippen LogP contribution in [0.15, 0.2) is 18.2 Å². The second-order valence-corrected chi connectivity index (χ2v) is 5.27. The molecule has 2 amide bonds. The number of amides is 2. The van der Waals surface area contributed by atoms with E-state index in [0.717, 1.165) is 0 Å². The summed E-state index contributed by atoms with van der Waals surface area (Å²) in [5.74, 6) is -0.511. The van der Waals surface area contributed by atoms with Gasteiger partial charge >= 0.3 is 0 Å². The van der Waals surface area contributed by atoms with Crippen molar-refractivity contribution in [2.75, 3.05) is 26.0 Å². The van der Waals surface area contributed by atoms with Crippen LogP contribution in [0.3, 0.4) is 0 Å². The van der Waals surface area contributed by atoms with Crippen LogP contribution in [0.1, 0.15) is 23.7 Å². The summed E-state index contributed by atoms with van der Waals surface area (Å²) in [5.41, 5.74) is 6.34. The molecule has 0 spiro atoms. The lowest BCUT2D eigenvalue weighted by molar-refractivity contribution is -0.119. The average molecular weight is 298 g/mol. The molecule has 0 aliphatic heterocycles. The number of halogens is 1. The fourth-order valence-corrected chi connectivity index (χ4v) is 1.81. The van der Waals surface area contributed by atoms with E-state index in [1.165, 1.54) is 4.90 Å². The van der Waals surface area contributed by atoms with Crippen molar-refractivity contribution in [1.82, 2.24) is 4.90 Å². The van der Waals surface area contributed by atoms with E-state index in [0.29, 0.717) is 29.2 Å². The first kappa shape index (κ1) is 16.5. The molecular formula is C14H20ClN3O2. The number of carbonyl (C=O) groups excluding carboxylic acids is 2. The van der Waals surface area contributed by atoms with Gasteiger partial charge < -0.3 is 16.0 Å². The van der Waals surface area contributed by atoms with Crippen LogP contribution >= 0.6 is 11.6 Å². The van der Waals surface area contributed by atoms with Crippen LogP contribution in [0.25, 0.3) is 0 Å². The maximum absolute atomic E-state index is 11.9. The molecule has 0 aromatic heterocycles. The first-order chi connectivity index (χ1) is 9.36. The highest BCUT2D eigenvalue weighted by atomic mass is 35.5. The fourth-order valence-electron chi connectivity index (χ4n) is 1.65. The molecule has 0 aliphatic rings. The molecule has 1 atom stereocenters. The highest BCUT2D eigenvalue weighted by Gasteiger charge is 2.15. The zero-order valence-electron chi connectivity index (χ0n) is 11.9. The first-order valence-corrected chi connectivity index (χ1v) is 6.76. The molecule has 0 bridgehead atoms. The molecule has 1 aromatic rings. The van der Waals surface area contributed by atoms with Crippen molar-refractivity contribution in [3.05, 3.63) is 28.8 Å². The largest absolute Gasteiger partial charge is 0.345 e. The van der Waals surface area contributed by atoms with E-state index in [1.54, 1.807) is 39.2 Å². The van der Waals surface area contributed by atoms with E-state index in [4.69, 9.17) is 17.3 Å². The van der Waals surface area contributed by atoms with E-state index in [-0.39, 0.29) is 17.7 Å². The molecule has 1 rings (SSSR count). The SMILES string of the molecule is CC(CCN)C(=O)Nc1cc(C(=O)N(C)C)ccc1Cl. The Bertz CT molecular complexity index is 503. The highest BCUT2D eigenvalue weighted by Crippen LogP contribution is 2.24. The van der Waals surface area contributed by atoms with Crippen LogP contribution < -0.4 is 11.1 Å². The zero-order chi connectivity index (χ0) is 15.3. The minimum absolute atomic E-state index is 0.146. The summed E-state index contributed by atoms with van der Waals surface area (Å²) >= 11 is 6.04. The minimum atomic E-state index is -0.204. The van der Waals surface area contributed by atoms with Gasteiger partial charge in [-0.2, -0.15) is 0 Å². The van der Waals surface area contributed by atoms with E-state index in [9.17, 15) is 9.59 Å². The molecule has 1 aromatic carbocycles. The lowest BCUT2D eigenvalue weighted by atomic mass is 10.1. The number of anilines is 1. The summed E-state index contributed by atoms with van der Waals surface area (Å²) in [6, 6.07) is 4.81. The zero-order valence-corrected chi connectivity index (χ0v) is 12.7. The molecule has 5 nitrogen and oxygen atoms in total. The number of benzene rings is 1. The molecule has 0 saturated carbocycles. The quantitative estimate of drug-likeness (QED) is 0.872. The first-order valence-electron chi connectivity index (χ1n) is 6.39. The summed E-state index contributed by atoms with van der Waals surface area (Å²) in [5, 5.41) is 3.13. The fraction of sp³-hybridized carbons (Fsp3) is 0.429. The number of nitrogens with zero attached hydrogens (tertiary/aromatic N) is 1. The van der Waals surface area contributed by atoms with Crippen LogP contribution in [-0.4, -0.2) is 37.4 Å². The maximum atomic E-state index is 11.9. The van der Waals surface area contributed by atoms with Crippen LogP contribution in [0.5, 0.6) is 0 Å². The minimum Gasteiger partial charge on any atom is -0.345 e.